The Morgan fingerprint density at radius 1 is 1.42 bits per heavy atom. The maximum Gasteiger partial charge on any atom is 0.0518 e. The summed E-state index contributed by atoms with van der Waals surface area (Å²) in [5.41, 5.74) is 5.72. The lowest BCUT2D eigenvalue weighted by Crippen LogP contribution is -2.33. The van der Waals surface area contributed by atoms with Crippen molar-refractivity contribution in [3.05, 3.63) is 29.8 Å². The molecule has 0 amide bonds. The quantitative estimate of drug-likeness (QED) is 0.687. The van der Waals surface area contributed by atoms with Gasteiger partial charge >= 0.3 is 0 Å². The van der Waals surface area contributed by atoms with Gasteiger partial charge in [0.15, 0.2) is 0 Å². The lowest BCUT2D eigenvalue weighted by molar-refractivity contribution is 0.709. The van der Waals surface area contributed by atoms with Crippen molar-refractivity contribution in [2.24, 2.45) is 0 Å². The van der Waals surface area contributed by atoms with Gasteiger partial charge in [-0.1, -0.05) is 19.1 Å². The fourth-order valence-electron chi connectivity index (χ4n) is 1.17. The molecule has 1 aromatic rings. The molecule has 2 heteroatoms. The molecule has 1 rings (SSSR count). The number of hydrazine groups is 1. The molecule has 0 aliphatic rings. The first-order valence-electron chi connectivity index (χ1n) is 4.28. The summed E-state index contributed by atoms with van der Waals surface area (Å²) < 4.78 is 0. The van der Waals surface area contributed by atoms with Crippen LogP contribution < -0.4 is 10.4 Å². The van der Waals surface area contributed by atoms with E-state index in [1.165, 1.54) is 11.3 Å². The minimum atomic E-state index is 0.949. The maximum absolute atomic E-state index is 3.22. The molecule has 0 bridgehead atoms. The molecule has 1 aromatic carbocycles. The highest BCUT2D eigenvalue weighted by Crippen LogP contribution is 2.11. The van der Waals surface area contributed by atoms with E-state index in [4.69, 9.17) is 0 Å². The van der Waals surface area contributed by atoms with E-state index in [9.17, 15) is 0 Å². The van der Waals surface area contributed by atoms with Crippen LogP contribution in [0.25, 0.3) is 0 Å². The normalized spacial score (nSPS) is 9.92. The first-order valence-corrected chi connectivity index (χ1v) is 4.28. The zero-order valence-electron chi connectivity index (χ0n) is 7.96. The van der Waals surface area contributed by atoms with Gasteiger partial charge in [-0.3, -0.25) is 0 Å². The van der Waals surface area contributed by atoms with Crippen LogP contribution in [0.4, 0.5) is 5.69 Å². The molecular formula is C10H16N2. The van der Waals surface area contributed by atoms with Crippen molar-refractivity contribution < 1.29 is 0 Å². The Kier molecular flexibility index (Phi) is 3.11. The highest BCUT2D eigenvalue weighted by Gasteiger charge is 1.96. The van der Waals surface area contributed by atoms with Crippen molar-refractivity contribution in [2.45, 2.75) is 13.8 Å². The van der Waals surface area contributed by atoms with Crippen LogP contribution in [-0.2, 0) is 0 Å². The molecular weight excluding hydrogens is 148 g/mol. The van der Waals surface area contributed by atoms with Gasteiger partial charge in [-0.15, -0.1) is 0 Å². The summed E-state index contributed by atoms with van der Waals surface area (Å²) in [6.45, 7) is 5.14. The standard InChI is InChI=1S/C10H16N2/c1-4-11-12(3)10-7-5-6-9(2)8-10/h5-8,11H,4H2,1-3H3. The van der Waals surface area contributed by atoms with E-state index in [1.54, 1.807) is 0 Å². The third-order valence-electron chi connectivity index (χ3n) is 1.78. The fraction of sp³-hybridized carbons (Fsp3) is 0.400. The van der Waals surface area contributed by atoms with Crippen LogP contribution in [0.1, 0.15) is 12.5 Å². The number of hydrogen-bond donors (Lipinski definition) is 1. The topological polar surface area (TPSA) is 15.3 Å². The molecule has 0 heterocycles. The summed E-state index contributed by atoms with van der Waals surface area (Å²) in [6, 6.07) is 8.42. The largest absolute Gasteiger partial charge is 0.312 e. The van der Waals surface area contributed by atoms with Crippen molar-refractivity contribution in [3.8, 4) is 0 Å². The molecule has 0 saturated heterocycles. The molecule has 1 N–H and O–H groups in total. The Morgan fingerprint density at radius 3 is 2.75 bits per heavy atom. The molecule has 0 spiro atoms. The van der Waals surface area contributed by atoms with Gasteiger partial charge in [0, 0.05) is 13.6 Å². The van der Waals surface area contributed by atoms with Gasteiger partial charge in [0.2, 0.25) is 0 Å². The Labute approximate surface area is 74.2 Å². The van der Waals surface area contributed by atoms with Crippen LogP contribution in [0.2, 0.25) is 0 Å². The molecule has 0 atom stereocenters. The van der Waals surface area contributed by atoms with Crippen LogP contribution in [-0.4, -0.2) is 13.6 Å². The number of nitrogens with zero attached hydrogens (tertiary/aromatic N) is 1. The van der Waals surface area contributed by atoms with Gasteiger partial charge in [0.05, 0.1) is 5.69 Å². The monoisotopic (exact) mass is 164 g/mol. The molecule has 0 aliphatic heterocycles. The maximum atomic E-state index is 3.22. The van der Waals surface area contributed by atoms with E-state index in [-0.39, 0.29) is 0 Å². The lowest BCUT2D eigenvalue weighted by Gasteiger charge is -2.19. The molecule has 0 radical (unpaired) electrons. The summed E-state index contributed by atoms with van der Waals surface area (Å²) in [5, 5.41) is 2.03. The number of benzene rings is 1. The average Bonchev–Trinajstić information content (AvgIpc) is 2.05. The second-order valence-electron chi connectivity index (χ2n) is 2.91. The smallest absolute Gasteiger partial charge is 0.0518 e. The third kappa shape index (κ3) is 2.24. The predicted octanol–water partition coefficient (Wildman–Crippen LogP) is 1.96. The zero-order valence-corrected chi connectivity index (χ0v) is 7.96. The Hall–Kier alpha value is -1.02. The van der Waals surface area contributed by atoms with E-state index in [0.717, 1.165) is 6.54 Å². The summed E-state index contributed by atoms with van der Waals surface area (Å²) in [4.78, 5) is 0. The van der Waals surface area contributed by atoms with Gasteiger partial charge in [0.25, 0.3) is 0 Å². The molecule has 2 nitrogen and oxygen atoms in total. The number of aryl methyl sites for hydroxylation is 1. The van der Waals surface area contributed by atoms with Crippen molar-refractivity contribution >= 4 is 5.69 Å². The van der Waals surface area contributed by atoms with Gasteiger partial charge in [-0.05, 0) is 24.6 Å². The number of rotatable bonds is 3. The highest BCUT2D eigenvalue weighted by atomic mass is 15.5. The summed E-state index contributed by atoms with van der Waals surface area (Å²) in [5.74, 6) is 0. The van der Waals surface area contributed by atoms with E-state index >= 15 is 0 Å². The van der Waals surface area contributed by atoms with Crippen molar-refractivity contribution in [2.75, 3.05) is 18.6 Å². The van der Waals surface area contributed by atoms with Gasteiger partial charge in [-0.25, -0.2) is 5.43 Å². The summed E-state index contributed by atoms with van der Waals surface area (Å²) in [6.07, 6.45) is 0. The van der Waals surface area contributed by atoms with Crippen molar-refractivity contribution in [1.82, 2.24) is 5.43 Å². The average molecular weight is 164 g/mol. The molecule has 0 aliphatic carbocycles. The number of hydrogen-bond acceptors (Lipinski definition) is 2. The van der Waals surface area contributed by atoms with Crippen LogP contribution in [0.15, 0.2) is 24.3 Å². The van der Waals surface area contributed by atoms with Crippen molar-refractivity contribution in [1.29, 1.82) is 0 Å². The van der Waals surface area contributed by atoms with E-state index in [0.29, 0.717) is 0 Å². The second kappa shape index (κ2) is 4.12. The molecule has 0 saturated carbocycles. The second-order valence-corrected chi connectivity index (χ2v) is 2.91. The summed E-state index contributed by atoms with van der Waals surface area (Å²) >= 11 is 0. The minimum Gasteiger partial charge on any atom is -0.312 e. The van der Waals surface area contributed by atoms with E-state index < -0.39 is 0 Å². The van der Waals surface area contributed by atoms with Crippen LogP contribution in [0.5, 0.6) is 0 Å². The Bertz CT molecular complexity index is 245. The third-order valence-corrected chi connectivity index (χ3v) is 1.78. The first-order chi connectivity index (χ1) is 5.74. The first kappa shape index (κ1) is 9.07. The van der Waals surface area contributed by atoms with E-state index in [2.05, 4.69) is 43.5 Å². The molecule has 66 valence electrons. The van der Waals surface area contributed by atoms with Crippen LogP contribution in [0.3, 0.4) is 0 Å². The number of nitrogens with one attached hydrogen (secondary N) is 1. The fourth-order valence-corrected chi connectivity index (χ4v) is 1.17. The van der Waals surface area contributed by atoms with Crippen molar-refractivity contribution in [3.63, 3.8) is 0 Å². The predicted molar refractivity (Wildman–Crippen MR) is 53.3 cm³/mol. The lowest BCUT2D eigenvalue weighted by atomic mass is 10.2. The van der Waals surface area contributed by atoms with Gasteiger partial charge in [-0.2, -0.15) is 0 Å². The highest BCUT2D eigenvalue weighted by molar-refractivity contribution is 5.46. The van der Waals surface area contributed by atoms with Crippen LogP contribution in [0, 0.1) is 6.92 Å². The van der Waals surface area contributed by atoms with E-state index in [1.807, 2.05) is 12.1 Å². The Morgan fingerprint density at radius 2 is 2.17 bits per heavy atom. The summed E-state index contributed by atoms with van der Waals surface area (Å²) in [7, 11) is 2.03. The van der Waals surface area contributed by atoms with Crippen LogP contribution >= 0.6 is 0 Å². The van der Waals surface area contributed by atoms with Gasteiger partial charge in [0.1, 0.15) is 0 Å². The molecule has 0 unspecified atom stereocenters. The molecule has 0 fully saturated rings. The zero-order chi connectivity index (χ0) is 8.97. The van der Waals surface area contributed by atoms with Gasteiger partial charge < -0.3 is 5.01 Å². The number of anilines is 1. The minimum absolute atomic E-state index is 0.949. The Balaban J connectivity index is 2.73. The molecule has 0 aromatic heterocycles. The SMILES string of the molecule is CCNN(C)c1cccc(C)c1. The molecule has 12 heavy (non-hydrogen) atoms.